The molecule has 0 aromatic rings. The number of esters is 2. The fraction of sp³-hybridized carbons (Fsp3) is 0.714. The Morgan fingerprint density at radius 3 is 1.54 bits per heavy atom. The van der Waals surface area contributed by atoms with Gasteiger partial charge in [-0.1, -0.05) is 163 Å². The molecule has 0 aromatic carbocycles. The van der Waals surface area contributed by atoms with Crippen molar-refractivity contribution in [1.82, 2.24) is 0 Å². The van der Waals surface area contributed by atoms with Crippen molar-refractivity contribution < 1.29 is 73.8 Å². The third kappa shape index (κ3) is 29.8. The highest BCUT2D eigenvalue weighted by atomic mass is 16.7. The van der Waals surface area contributed by atoms with Crippen LogP contribution in [-0.2, 0) is 38.0 Å². The van der Waals surface area contributed by atoms with Crippen molar-refractivity contribution in [2.75, 3.05) is 26.4 Å². The van der Waals surface area contributed by atoms with Gasteiger partial charge in [0.25, 0.3) is 0 Å². The standard InChI is InChI=1S/C56H92O15/c1-3-5-7-9-11-13-15-17-18-19-20-21-22-23-24-25-27-28-30-32-34-36-38-47(58)66-41-44(69-48(59)39-37-35-33-31-29-26-16-14-12-10-8-6-4-2)42-67-55-54(65)52(63)50(61)46(71-55)43-68-56-53(64)51(62)49(60)45(40-57)70-56/h6,8,10-14,16-18,20-21,26,29,44-46,49-57,60-65H,3-5,7,9,15,19,22-25,27-28,30-43H2,1-2H3/b8-6+,12-10+,13-11+,16-14+,18-17+,21-20+,29-26+/t44?,45-,46-,49+,50+,51?,52?,53?,54?,55-,56-/m1/s1. The molecule has 0 saturated carbocycles. The van der Waals surface area contributed by atoms with E-state index < -0.39 is 99.3 Å². The van der Waals surface area contributed by atoms with Crippen LogP contribution in [0.25, 0.3) is 0 Å². The molecule has 71 heavy (non-hydrogen) atoms. The Morgan fingerprint density at radius 1 is 0.479 bits per heavy atom. The van der Waals surface area contributed by atoms with Crippen molar-refractivity contribution in [3.05, 3.63) is 85.1 Å². The molecular weight excluding hydrogens is 913 g/mol. The molecule has 0 bridgehead atoms. The van der Waals surface area contributed by atoms with E-state index in [0.29, 0.717) is 12.8 Å². The van der Waals surface area contributed by atoms with Gasteiger partial charge in [0.1, 0.15) is 55.4 Å². The minimum atomic E-state index is -1.78. The lowest BCUT2D eigenvalue weighted by Gasteiger charge is -2.42. The highest BCUT2D eigenvalue weighted by Crippen LogP contribution is 2.26. The second-order valence-corrected chi connectivity index (χ2v) is 18.4. The quantitative estimate of drug-likeness (QED) is 0.0134. The Kier molecular flexibility index (Phi) is 37.8. The molecule has 0 spiro atoms. The van der Waals surface area contributed by atoms with Gasteiger partial charge in [0.05, 0.1) is 19.8 Å². The monoisotopic (exact) mass is 1000 g/mol. The van der Waals surface area contributed by atoms with Gasteiger partial charge in [-0.05, 0) is 70.6 Å². The molecular formula is C56H92O15. The SMILES string of the molecule is CC/C=C/C=C/C=C/C=C/CCCCCC(=O)OC(COC(=O)CCCCCCCCCCC/C=C/C/C=C/C/C=C/CCCCC)CO[C@@H]1O[C@H](CO[C@@H]2O[C@H](CO)[C@H](O)C(O)C2O)[C@H](O)C(O)C1O. The van der Waals surface area contributed by atoms with Crippen molar-refractivity contribution in [3.8, 4) is 0 Å². The average molecular weight is 1010 g/mol. The number of hydrogen-bond donors (Lipinski definition) is 7. The summed E-state index contributed by atoms with van der Waals surface area (Å²) in [6.07, 6.45) is 34.7. The van der Waals surface area contributed by atoms with Crippen molar-refractivity contribution in [2.24, 2.45) is 0 Å². The van der Waals surface area contributed by atoms with E-state index in [4.69, 9.17) is 28.4 Å². The summed E-state index contributed by atoms with van der Waals surface area (Å²) in [5.41, 5.74) is 0. The van der Waals surface area contributed by atoms with E-state index in [1.807, 2.05) is 36.5 Å². The number of carbonyl (C=O) groups is 2. The molecule has 2 rings (SSSR count). The minimum absolute atomic E-state index is 0.113. The average Bonchev–Trinajstić information content (AvgIpc) is 3.36. The second kappa shape index (κ2) is 42.1. The fourth-order valence-electron chi connectivity index (χ4n) is 7.82. The summed E-state index contributed by atoms with van der Waals surface area (Å²) in [4.78, 5) is 25.8. The van der Waals surface area contributed by atoms with Gasteiger partial charge in [-0.3, -0.25) is 9.59 Å². The molecule has 0 amide bonds. The third-order valence-corrected chi connectivity index (χ3v) is 12.2. The summed E-state index contributed by atoms with van der Waals surface area (Å²) in [6, 6.07) is 0. The Labute approximate surface area is 425 Å². The smallest absolute Gasteiger partial charge is 0.306 e. The maximum atomic E-state index is 13.0. The highest BCUT2D eigenvalue weighted by molar-refractivity contribution is 5.70. The zero-order valence-corrected chi connectivity index (χ0v) is 42.9. The molecule has 2 aliphatic heterocycles. The van der Waals surface area contributed by atoms with Gasteiger partial charge in [-0.2, -0.15) is 0 Å². The minimum Gasteiger partial charge on any atom is -0.462 e. The van der Waals surface area contributed by atoms with E-state index >= 15 is 0 Å². The molecule has 7 N–H and O–H groups in total. The van der Waals surface area contributed by atoms with Crippen molar-refractivity contribution in [2.45, 2.75) is 229 Å². The van der Waals surface area contributed by atoms with Crippen LogP contribution in [0, 0.1) is 0 Å². The van der Waals surface area contributed by atoms with E-state index in [2.05, 4.69) is 62.5 Å². The van der Waals surface area contributed by atoms with Gasteiger partial charge >= 0.3 is 11.9 Å². The van der Waals surface area contributed by atoms with E-state index in [0.717, 1.165) is 70.6 Å². The molecule has 2 heterocycles. The van der Waals surface area contributed by atoms with E-state index in [1.165, 1.54) is 51.4 Å². The predicted octanol–water partition coefficient (Wildman–Crippen LogP) is 7.99. The molecule has 5 unspecified atom stereocenters. The number of hydrogen-bond acceptors (Lipinski definition) is 15. The fourth-order valence-corrected chi connectivity index (χ4v) is 7.82. The van der Waals surface area contributed by atoms with Crippen LogP contribution in [0.2, 0.25) is 0 Å². The zero-order chi connectivity index (χ0) is 51.7. The van der Waals surface area contributed by atoms with Gasteiger partial charge < -0.3 is 64.2 Å². The zero-order valence-electron chi connectivity index (χ0n) is 42.9. The van der Waals surface area contributed by atoms with Crippen LogP contribution in [0.3, 0.4) is 0 Å². The van der Waals surface area contributed by atoms with Gasteiger partial charge in [-0.15, -0.1) is 0 Å². The Morgan fingerprint density at radius 2 is 0.944 bits per heavy atom. The lowest BCUT2D eigenvalue weighted by atomic mass is 9.98. The second-order valence-electron chi connectivity index (χ2n) is 18.4. The Hall–Kier alpha value is -3.32. The van der Waals surface area contributed by atoms with E-state index in [1.54, 1.807) is 0 Å². The van der Waals surface area contributed by atoms with Crippen molar-refractivity contribution >= 4 is 11.9 Å². The largest absolute Gasteiger partial charge is 0.462 e. The number of allylic oxidation sites excluding steroid dienone is 14. The van der Waals surface area contributed by atoms with Crippen LogP contribution in [0.1, 0.15) is 162 Å². The highest BCUT2D eigenvalue weighted by Gasteiger charge is 2.47. The number of carbonyl (C=O) groups excluding carboxylic acids is 2. The van der Waals surface area contributed by atoms with Crippen molar-refractivity contribution in [3.63, 3.8) is 0 Å². The Bertz CT molecular complexity index is 1560. The molecule has 0 aliphatic carbocycles. The third-order valence-electron chi connectivity index (χ3n) is 12.2. The van der Waals surface area contributed by atoms with Crippen LogP contribution in [0.5, 0.6) is 0 Å². The molecule has 15 heteroatoms. The number of aliphatic hydroxyl groups excluding tert-OH is 7. The molecule has 11 atom stereocenters. The van der Waals surface area contributed by atoms with Crippen LogP contribution in [-0.4, -0.2) is 142 Å². The number of aliphatic hydroxyl groups is 7. The lowest BCUT2D eigenvalue weighted by Crippen LogP contribution is -2.61. The van der Waals surface area contributed by atoms with Gasteiger partial charge in [0.15, 0.2) is 18.7 Å². The summed E-state index contributed by atoms with van der Waals surface area (Å²) in [5.74, 6) is -0.984. The summed E-state index contributed by atoms with van der Waals surface area (Å²) in [6.45, 7) is 2.36. The first-order valence-electron chi connectivity index (χ1n) is 26.7. The number of unbranched alkanes of at least 4 members (excludes halogenated alkanes) is 15. The lowest BCUT2D eigenvalue weighted by molar-refractivity contribution is -0.332. The first-order valence-corrected chi connectivity index (χ1v) is 26.7. The maximum absolute atomic E-state index is 13.0. The maximum Gasteiger partial charge on any atom is 0.306 e. The summed E-state index contributed by atoms with van der Waals surface area (Å²) in [7, 11) is 0. The number of ether oxygens (including phenoxy) is 6. The van der Waals surface area contributed by atoms with Crippen LogP contribution in [0.15, 0.2) is 85.1 Å². The molecule has 0 aromatic heterocycles. The van der Waals surface area contributed by atoms with Gasteiger partial charge in [0.2, 0.25) is 0 Å². The molecule has 2 saturated heterocycles. The van der Waals surface area contributed by atoms with Gasteiger partial charge in [0, 0.05) is 12.8 Å². The van der Waals surface area contributed by atoms with Crippen LogP contribution in [0.4, 0.5) is 0 Å². The van der Waals surface area contributed by atoms with Gasteiger partial charge in [-0.25, -0.2) is 0 Å². The van der Waals surface area contributed by atoms with Crippen LogP contribution < -0.4 is 0 Å². The summed E-state index contributed by atoms with van der Waals surface area (Å²) < 4.78 is 33.5. The topological polar surface area (TPSA) is 231 Å². The first kappa shape index (κ1) is 63.8. The predicted molar refractivity (Wildman–Crippen MR) is 275 cm³/mol. The number of rotatable bonds is 40. The molecule has 406 valence electrons. The normalized spacial score (nSPS) is 25.9. The van der Waals surface area contributed by atoms with Crippen molar-refractivity contribution in [1.29, 1.82) is 0 Å². The van der Waals surface area contributed by atoms with E-state index in [9.17, 15) is 45.3 Å². The first-order chi connectivity index (χ1) is 34.5. The summed E-state index contributed by atoms with van der Waals surface area (Å²) >= 11 is 0. The molecule has 2 aliphatic rings. The van der Waals surface area contributed by atoms with Crippen LogP contribution >= 0.6 is 0 Å². The molecule has 15 nitrogen and oxygen atoms in total. The molecule has 2 fully saturated rings. The Balaban J connectivity index is 1.78. The van der Waals surface area contributed by atoms with E-state index in [-0.39, 0.29) is 19.4 Å². The molecule has 0 radical (unpaired) electrons. The summed E-state index contributed by atoms with van der Waals surface area (Å²) in [5, 5.41) is 72.1.